The Morgan fingerprint density at radius 1 is 1.22 bits per heavy atom. The topological polar surface area (TPSA) is 83.0 Å². The second kappa shape index (κ2) is 7.71. The lowest BCUT2D eigenvalue weighted by atomic mass is 10.1. The number of aromatic nitrogens is 3. The number of nitrogens with zero attached hydrogens (tertiary/aromatic N) is 4. The van der Waals surface area contributed by atoms with Gasteiger partial charge in [-0.05, 0) is 25.1 Å². The van der Waals surface area contributed by atoms with Crippen LogP contribution in [0, 0.1) is 5.82 Å². The summed E-state index contributed by atoms with van der Waals surface area (Å²) in [6.45, 7) is 1.86. The summed E-state index contributed by atoms with van der Waals surface area (Å²) in [4.78, 5) is 27.2. The highest BCUT2D eigenvalue weighted by molar-refractivity contribution is 6.31. The van der Waals surface area contributed by atoms with Crippen LogP contribution in [0.4, 0.5) is 20.7 Å². The Hall–Kier alpha value is -3.00. The monoisotopic (exact) mass is 388 g/mol. The normalized spacial score (nSPS) is 11.9. The second-order valence-corrected chi connectivity index (χ2v) is 6.32. The van der Waals surface area contributed by atoms with Crippen LogP contribution in [-0.4, -0.2) is 40.0 Å². The van der Waals surface area contributed by atoms with Crippen molar-refractivity contribution in [1.29, 1.82) is 0 Å². The Labute approximate surface area is 160 Å². The minimum Gasteiger partial charge on any atom is -0.371 e. The third-order valence-corrected chi connectivity index (χ3v) is 4.58. The Kier molecular flexibility index (Phi) is 5.36. The van der Waals surface area contributed by atoms with Gasteiger partial charge in [-0.1, -0.05) is 11.6 Å². The van der Waals surface area contributed by atoms with E-state index in [-0.39, 0.29) is 17.1 Å². The van der Waals surface area contributed by atoms with Gasteiger partial charge in [0.1, 0.15) is 11.3 Å². The van der Waals surface area contributed by atoms with Crippen LogP contribution in [-0.2, 0) is 0 Å². The number of anilines is 2. The van der Waals surface area contributed by atoms with Crippen LogP contribution >= 0.6 is 11.6 Å². The smallest absolute Gasteiger partial charge is 0.322 e. The van der Waals surface area contributed by atoms with Crippen LogP contribution in [0.25, 0.3) is 11.0 Å². The van der Waals surface area contributed by atoms with Crippen LogP contribution in [0.3, 0.4) is 0 Å². The maximum absolute atomic E-state index is 13.3. The molecule has 2 amide bonds. The van der Waals surface area contributed by atoms with Crippen LogP contribution in [0.5, 0.6) is 0 Å². The molecule has 0 saturated carbocycles. The predicted molar refractivity (Wildman–Crippen MR) is 103 cm³/mol. The van der Waals surface area contributed by atoms with E-state index in [1.165, 1.54) is 23.1 Å². The lowest BCUT2D eigenvalue weighted by Crippen LogP contribution is -2.33. The third-order valence-electron chi connectivity index (χ3n) is 4.29. The molecule has 0 unspecified atom stereocenters. The van der Waals surface area contributed by atoms with Crippen LogP contribution in [0.2, 0.25) is 5.02 Å². The SMILES string of the molecule is CNc1ncc([C@H](C)N(C)C(=O)Nc2ccc(F)c(Cl)c2)c2nccnc12. The molecule has 0 fully saturated rings. The minimum atomic E-state index is -0.544. The van der Waals surface area contributed by atoms with E-state index in [2.05, 4.69) is 25.6 Å². The number of carbonyl (C=O) groups is 1. The van der Waals surface area contributed by atoms with Gasteiger partial charge in [0.25, 0.3) is 0 Å². The second-order valence-electron chi connectivity index (χ2n) is 5.91. The van der Waals surface area contributed by atoms with Gasteiger partial charge in [0.05, 0.1) is 16.6 Å². The van der Waals surface area contributed by atoms with Crippen molar-refractivity contribution in [2.75, 3.05) is 24.7 Å². The predicted octanol–water partition coefficient (Wildman–Crippen LogP) is 4.08. The van der Waals surface area contributed by atoms with E-state index >= 15 is 0 Å². The zero-order valence-electron chi connectivity index (χ0n) is 15.0. The zero-order valence-corrected chi connectivity index (χ0v) is 15.8. The fourth-order valence-corrected chi connectivity index (χ4v) is 2.82. The maximum Gasteiger partial charge on any atom is 0.322 e. The Bertz CT molecular complexity index is 999. The standard InChI is InChI=1S/C18H18ClFN6O/c1-10(12-9-24-17(21-2)16-15(12)22-6-7-23-16)26(3)18(27)25-11-4-5-14(20)13(19)8-11/h4-10H,1-3H3,(H,21,24)(H,25,27)/t10-/m0/s1. The van der Waals surface area contributed by atoms with E-state index in [4.69, 9.17) is 11.6 Å². The number of rotatable bonds is 4. The number of benzene rings is 1. The van der Waals surface area contributed by atoms with Gasteiger partial charge in [0.2, 0.25) is 0 Å². The molecule has 1 aromatic carbocycles. The van der Waals surface area contributed by atoms with Gasteiger partial charge in [-0.3, -0.25) is 4.98 Å². The molecule has 2 heterocycles. The molecule has 0 radical (unpaired) electrons. The average molecular weight is 389 g/mol. The van der Waals surface area contributed by atoms with E-state index in [1.54, 1.807) is 32.7 Å². The van der Waals surface area contributed by atoms with E-state index in [0.717, 1.165) is 5.56 Å². The molecule has 0 bridgehead atoms. The van der Waals surface area contributed by atoms with Crippen LogP contribution in [0.15, 0.2) is 36.8 Å². The van der Waals surface area contributed by atoms with Crippen LogP contribution < -0.4 is 10.6 Å². The summed E-state index contributed by atoms with van der Waals surface area (Å²) in [5, 5.41) is 5.62. The average Bonchev–Trinajstić information content (AvgIpc) is 2.68. The third kappa shape index (κ3) is 3.75. The minimum absolute atomic E-state index is 0.0587. The molecule has 0 aliphatic carbocycles. The number of pyridine rings is 1. The lowest BCUT2D eigenvalue weighted by Gasteiger charge is -2.26. The van der Waals surface area contributed by atoms with E-state index in [0.29, 0.717) is 22.5 Å². The number of fused-ring (bicyclic) bond motifs is 1. The highest BCUT2D eigenvalue weighted by Gasteiger charge is 2.22. The lowest BCUT2D eigenvalue weighted by molar-refractivity contribution is 0.208. The molecule has 140 valence electrons. The summed E-state index contributed by atoms with van der Waals surface area (Å²) >= 11 is 5.76. The largest absolute Gasteiger partial charge is 0.371 e. The summed E-state index contributed by atoms with van der Waals surface area (Å²) in [6, 6.07) is 3.29. The first kappa shape index (κ1) is 18.8. The quantitative estimate of drug-likeness (QED) is 0.703. The molecule has 0 saturated heterocycles. The number of halogens is 2. The van der Waals surface area contributed by atoms with Crippen molar-refractivity contribution in [2.24, 2.45) is 0 Å². The molecule has 27 heavy (non-hydrogen) atoms. The molecule has 0 spiro atoms. The molecular weight excluding hydrogens is 371 g/mol. The fourth-order valence-electron chi connectivity index (χ4n) is 2.64. The van der Waals surface area contributed by atoms with Crippen molar-refractivity contribution in [3.8, 4) is 0 Å². The van der Waals surface area contributed by atoms with E-state index < -0.39 is 5.82 Å². The van der Waals surface area contributed by atoms with Crippen molar-refractivity contribution in [1.82, 2.24) is 19.9 Å². The van der Waals surface area contributed by atoms with Gasteiger partial charge in [-0.2, -0.15) is 0 Å². The Morgan fingerprint density at radius 3 is 2.59 bits per heavy atom. The molecule has 0 aliphatic heterocycles. The van der Waals surface area contributed by atoms with Crippen molar-refractivity contribution < 1.29 is 9.18 Å². The van der Waals surface area contributed by atoms with Gasteiger partial charge in [0.15, 0.2) is 5.82 Å². The molecular formula is C18H18ClFN6O. The van der Waals surface area contributed by atoms with Gasteiger partial charge in [0, 0.05) is 43.9 Å². The van der Waals surface area contributed by atoms with Crippen LogP contribution in [0.1, 0.15) is 18.5 Å². The highest BCUT2D eigenvalue weighted by Crippen LogP contribution is 2.28. The number of hydrogen-bond acceptors (Lipinski definition) is 5. The number of urea groups is 1. The molecule has 9 heteroatoms. The van der Waals surface area contributed by atoms with Crippen molar-refractivity contribution in [3.63, 3.8) is 0 Å². The number of nitrogens with one attached hydrogen (secondary N) is 2. The zero-order chi connectivity index (χ0) is 19.6. The highest BCUT2D eigenvalue weighted by atomic mass is 35.5. The van der Waals surface area contributed by atoms with Crippen molar-refractivity contribution in [3.05, 3.63) is 53.2 Å². The molecule has 2 N–H and O–H groups in total. The van der Waals surface area contributed by atoms with Gasteiger partial charge in [-0.15, -0.1) is 0 Å². The van der Waals surface area contributed by atoms with Gasteiger partial charge in [-0.25, -0.2) is 19.2 Å². The first-order valence-electron chi connectivity index (χ1n) is 8.18. The molecule has 3 rings (SSSR count). The van der Waals surface area contributed by atoms with Crippen molar-refractivity contribution in [2.45, 2.75) is 13.0 Å². The summed E-state index contributed by atoms with van der Waals surface area (Å²) < 4.78 is 13.3. The first-order valence-corrected chi connectivity index (χ1v) is 8.56. The molecule has 7 nitrogen and oxygen atoms in total. The summed E-state index contributed by atoms with van der Waals surface area (Å²) in [5.74, 6) is 0.0687. The van der Waals surface area contributed by atoms with Gasteiger partial charge >= 0.3 is 6.03 Å². The van der Waals surface area contributed by atoms with E-state index in [9.17, 15) is 9.18 Å². The number of amides is 2. The van der Waals surface area contributed by atoms with E-state index in [1.807, 2.05) is 6.92 Å². The fraction of sp³-hybridized carbons (Fsp3) is 0.222. The molecule has 0 aliphatic rings. The van der Waals surface area contributed by atoms with Crippen molar-refractivity contribution >= 4 is 40.2 Å². The number of hydrogen-bond donors (Lipinski definition) is 2. The van der Waals surface area contributed by atoms with Gasteiger partial charge < -0.3 is 15.5 Å². The summed E-state index contributed by atoms with van der Waals surface area (Å²) in [7, 11) is 3.41. The Morgan fingerprint density at radius 2 is 1.93 bits per heavy atom. The molecule has 3 aromatic rings. The first-order chi connectivity index (χ1) is 12.9. The Balaban J connectivity index is 1.86. The maximum atomic E-state index is 13.3. The molecule has 1 atom stereocenters. The summed E-state index contributed by atoms with van der Waals surface area (Å²) in [5.41, 5.74) is 2.45. The summed E-state index contributed by atoms with van der Waals surface area (Å²) in [6.07, 6.45) is 4.86. The number of carbonyl (C=O) groups excluding carboxylic acids is 1. The molecule has 2 aromatic heterocycles.